The summed E-state index contributed by atoms with van der Waals surface area (Å²) in [6.07, 6.45) is 3.65. The minimum Gasteiger partial charge on any atom is -0.478 e. The second-order valence-electron chi connectivity index (χ2n) is 5.04. The van der Waals surface area contributed by atoms with Crippen LogP contribution >= 0.6 is 0 Å². The van der Waals surface area contributed by atoms with Crippen LogP contribution in [-0.2, 0) is 9.59 Å². The van der Waals surface area contributed by atoms with Crippen molar-refractivity contribution in [3.63, 3.8) is 0 Å². The van der Waals surface area contributed by atoms with Crippen molar-refractivity contribution in [2.45, 2.75) is 12.8 Å². The van der Waals surface area contributed by atoms with Crippen LogP contribution in [0.25, 0.3) is 6.08 Å². The largest absolute Gasteiger partial charge is 0.478 e. The molecule has 0 aromatic heterocycles. The van der Waals surface area contributed by atoms with E-state index >= 15 is 0 Å². The molecule has 112 valence electrons. The number of aliphatic carboxylic acids is 1. The molecule has 1 saturated heterocycles. The molecule has 0 aliphatic carbocycles. The lowest BCUT2D eigenvalue weighted by Crippen LogP contribution is -2.38. The molecule has 0 radical (unpaired) electrons. The quantitative estimate of drug-likeness (QED) is 0.826. The molecule has 21 heavy (non-hydrogen) atoms. The van der Waals surface area contributed by atoms with E-state index in [1.807, 2.05) is 4.90 Å². The Bertz CT molecular complexity index is 578. The van der Waals surface area contributed by atoms with Crippen LogP contribution in [-0.4, -0.2) is 30.1 Å². The summed E-state index contributed by atoms with van der Waals surface area (Å²) in [6.45, 7) is 1.26. The van der Waals surface area contributed by atoms with Gasteiger partial charge in [-0.25, -0.2) is 9.18 Å². The lowest BCUT2D eigenvalue weighted by Gasteiger charge is -2.33. The SMILES string of the molecule is NC(=O)C1CCN(c2ccc(F)cc2/C=C/C(=O)O)CC1. The van der Waals surface area contributed by atoms with E-state index in [-0.39, 0.29) is 11.8 Å². The Morgan fingerprint density at radius 2 is 2.00 bits per heavy atom. The molecule has 1 aromatic rings. The Morgan fingerprint density at radius 3 is 2.57 bits per heavy atom. The van der Waals surface area contributed by atoms with Crippen LogP contribution in [0.2, 0.25) is 0 Å². The first-order valence-corrected chi connectivity index (χ1v) is 6.72. The molecule has 3 N–H and O–H groups in total. The van der Waals surface area contributed by atoms with E-state index in [9.17, 15) is 14.0 Å². The zero-order valence-electron chi connectivity index (χ0n) is 11.5. The van der Waals surface area contributed by atoms with E-state index in [1.54, 1.807) is 6.07 Å². The van der Waals surface area contributed by atoms with Gasteiger partial charge in [0.2, 0.25) is 5.91 Å². The maximum Gasteiger partial charge on any atom is 0.328 e. The Morgan fingerprint density at radius 1 is 1.33 bits per heavy atom. The number of nitrogens with zero attached hydrogens (tertiary/aromatic N) is 1. The molecule has 0 spiro atoms. The van der Waals surface area contributed by atoms with Gasteiger partial charge in [0.05, 0.1) is 0 Å². The predicted molar refractivity (Wildman–Crippen MR) is 77.2 cm³/mol. The van der Waals surface area contributed by atoms with Crippen LogP contribution in [0.3, 0.4) is 0 Å². The molecule has 0 atom stereocenters. The molecule has 2 rings (SSSR count). The summed E-state index contributed by atoms with van der Waals surface area (Å²) >= 11 is 0. The van der Waals surface area contributed by atoms with E-state index in [1.165, 1.54) is 18.2 Å². The van der Waals surface area contributed by atoms with E-state index < -0.39 is 11.8 Å². The summed E-state index contributed by atoms with van der Waals surface area (Å²) in [5.41, 5.74) is 6.57. The number of piperidine rings is 1. The highest BCUT2D eigenvalue weighted by atomic mass is 19.1. The van der Waals surface area contributed by atoms with Gasteiger partial charge in [0.1, 0.15) is 5.82 Å². The van der Waals surface area contributed by atoms with Crippen LogP contribution in [0.5, 0.6) is 0 Å². The molecule has 6 heteroatoms. The minimum absolute atomic E-state index is 0.125. The lowest BCUT2D eigenvalue weighted by atomic mass is 9.95. The molecule has 0 unspecified atom stereocenters. The molecule has 5 nitrogen and oxygen atoms in total. The van der Waals surface area contributed by atoms with Crippen LogP contribution in [0.1, 0.15) is 18.4 Å². The molecule has 1 aromatic carbocycles. The van der Waals surface area contributed by atoms with Crippen molar-refractivity contribution in [2.75, 3.05) is 18.0 Å². The Kier molecular flexibility index (Phi) is 4.57. The molecule has 1 aliphatic heterocycles. The molecule has 0 bridgehead atoms. The van der Waals surface area contributed by atoms with Gasteiger partial charge in [0, 0.05) is 36.3 Å². The highest BCUT2D eigenvalue weighted by molar-refractivity contribution is 5.87. The highest BCUT2D eigenvalue weighted by Crippen LogP contribution is 2.28. The molecule has 1 heterocycles. The number of carbonyl (C=O) groups excluding carboxylic acids is 1. The average molecular weight is 292 g/mol. The van der Waals surface area contributed by atoms with Crippen LogP contribution in [0.15, 0.2) is 24.3 Å². The van der Waals surface area contributed by atoms with Gasteiger partial charge in [0.25, 0.3) is 0 Å². The number of anilines is 1. The fourth-order valence-corrected chi connectivity index (χ4v) is 2.51. The number of nitrogens with two attached hydrogens (primary N) is 1. The number of halogens is 1. The molecular weight excluding hydrogens is 275 g/mol. The maximum atomic E-state index is 13.3. The number of amides is 1. The Hall–Kier alpha value is -2.37. The van der Waals surface area contributed by atoms with Gasteiger partial charge < -0.3 is 15.7 Å². The van der Waals surface area contributed by atoms with Gasteiger partial charge in [-0.3, -0.25) is 4.79 Å². The number of carboxylic acid groups (broad SMARTS) is 1. The first kappa shape index (κ1) is 15.0. The van der Waals surface area contributed by atoms with Crippen molar-refractivity contribution >= 4 is 23.6 Å². The monoisotopic (exact) mass is 292 g/mol. The third-order valence-electron chi connectivity index (χ3n) is 3.63. The number of benzene rings is 1. The van der Waals surface area contributed by atoms with E-state index in [0.29, 0.717) is 31.5 Å². The molecule has 1 fully saturated rings. The third kappa shape index (κ3) is 3.81. The number of primary amides is 1. The van der Waals surface area contributed by atoms with Gasteiger partial charge in [0.15, 0.2) is 0 Å². The van der Waals surface area contributed by atoms with Crippen molar-refractivity contribution in [3.8, 4) is 0 Å². The van der Waals surface area contributed by atoms with Crippen molar-refractivity contribution < 1.29 is 19.1 Å². The lowest BCUT2D eigenvalue weighted by molar-refractivity contribution is -0.131. The van der Waals surface area contributed by atoms with Gasteiger partial charge >= 0.3 is 5.97 Å². The van der Waals surface area contributed by atoms with Gasteiger partial charge in [-0.05, 0) is 37.1 Å². The highest BCUT2D eigenvalue weighted by Gasteiger charge is 2.24. The zero-order chi connectivity index (χ0) is 15.4. The summed E-state index contributed by atoms with van der Waals surface area (Å²) in [5.74, 6) is -1.92. The van der Waals surface area contributed by atoms with E-state index in [4.69, 9.17) is 10.8 Å². The predicted octanol–water partition coefficient (Wildman–Crippen LogP) is 1.63. The van der Waals surface area contributed by atoms with Gasteiger partial charge in [-0.15, -0.1) is 0 Å². The topological polar surface area (TPSA) is 83.6 Å². The Balaban J connectivity index is 2.20. The normalized spacial score (nSPS) is 16.3. The van der Waals surface area contributed by atoms with E-state index in [2.05, 4.69) is 0 Å². The second-order valence-corrected chi connectivity index (χ2v) is 5.04. The van der Waals surface area contributed by atoms with Gasteiger partial charge in [-0.2, -0.15) is 0 Å². The van der Waals surface area contributed by atoms with Crippen LogP contribution in [0, 0.1) is 11.7 Å². The summed E-state index contributed by atoms with van der Waals surface area (Å²) in [7, 11) is 0. The molecule has 0 saturated carbocycles. The number of carbonyl (C=O) groups is 2. The van der Waals surface area contributed by atoms with Crippen molar-refractivity contribution in [1.82, 2.24) is 0 Å². The smallest absolute Gasteiger partial charge is 0.328 e. The third-order valence-corrected chi connectivity index (χ3v) is 3.63. The standard InChI is InChI=1S/C15H17FN2O3/c16-12-2-3-13(11(9-12)1-4-14(19)20)18-7-5-10(6-8-18)15(17)21/h1-4,9-10H,5-8H2,(H2,17,21)(H,19,20)/b4-1+. The number of hydrogen-bond acceptors (Lipinski definition) is 3. The van der Waals surface area contributed by atoms with Gasteiger partial charge in [-0.1, -0.05) is 0 Å². The molecular formula is C15H17FN2O3. The Labute approximate surface area is 121 Å². The number of hydrogen-bond donors (Lipinski definition) is 2. The molecule has 1 amide bonds. The zero-order valence-corrected chi connectivity index (χ0v) is 11.5. The fraction of sp³-hybridized carbons (Fsp3) is 0.333. The number of rotatable bonds is 4. The average Bonchev–Trinajstić information content (AvgIpc) is 2.45. The van der Waals surface area contributed by atoms with Crippen molar-refractivity contribution in [1.29, 1.82) is 0 Å². The maximum absolute atomic E-state index is 13.3. The minimum atomic E-state index is -1.09. The van der Waals surface area contributed by atoms with E-state index in [0.717, 1.165) is 11.8 Å². The van der Waals surface area contributed by atoms with Crippen LogP contribution in [0.4, 0.5) is 10.1 Å². The fourth-order valence-electron chi connectivity index (χ4n) is 2.51. The molecule has 1 aliphatic rings. The van der Waals surface area contributed by atoms with Crippen molar-refractivity contribution in [3.05, 3.63) is 35.7 Å². The first-order valence-electron chi connectivity index (χ1n) is 6.72. The second kappa shape index (κ2) is 6.39. The number of carboxylic acids is 1. The van der Waals surface area contributed by atoms with Crippen LogP contribution < -0.4 is 10.6 Å². The van der Waals surface area contributed by atoms with Crippen molar-refractivity contribution in [2.24, 2.45) is 11.7 Å². The summed E-state index contributed by atoms with van der Waals surface area (Å²) in [4.78, 5) is 23.8. The first-order chi connectivity index (χ1) is 9.97. The summed E-state index contributed by atoms with van der Waals surface area (Å²) < 4.78 is 13.3. The summed E-state index contributed by atoms with van der Waals surface area (Å²) in [6, 6.07) is 4.27. The summed E-state index contributed by atoms with van der Waals surface area (Å²) in [5, 5.41) is 8.70.